The highest BCUT2D eigenvalue weighted by Gasteiger charge is 2.62. The number of primary amides is 1. The summed E-state index contributed by atoms with van der Waals surface area (Å²) in [6.45, 7) is 1.32. The van der Waals surface area contributed by atoms with Gasteiger partial charge in [-0.2, -0.15) is 0 Å². The smallest absolute Gasteiger partial charge is 0.268 e. The van der Waals surface area contributed by atoms with E-state index in [4.69, 9.17) is 10.6 Å². The molecule has 2 aliphatic rings. The molecule has 2 aliphatic heterocycles. The van der Waals surface area contributed by atoms with E-state index in [-0.39, 0.29) is 11.8 Å². The average molecular weight is 365 g/mol. The zero-order valence-electron chi connectivity index (χ0n) is 15.1. The summed E-state index contributed by atoms with van der Waals surface area (Å²) in [6, 6.07) is 19.2. The van der Waals surface area contributed by atoms with Crippen LogP contribution in [0.15, 0.2) is 60.7 Å². The normalized spacial score (nSPS) is 25.0. The summed E-state index contributed by atoms with van der Waals surface area (Å²) in [6.07, 6.45) is 1.22. The standard InChI is InChI=1S/C21H23N3O3/c22-19(25)18-11-12-21(23(18)13-16-7-3-1-4-8-16)15-24(20(21)26)27-14-17-9-5-2-6-10-17/h1-10,18H,11-15H2,(H2,22,25). The second kappa shape index (κ2) is 7.13. The lowest BCUT2D eigenvalue weighted by Gasteiger charge is -2.50. The molecule has 4 rings (SSSR count). The molecule has 2 heterocycles. The summed E-state index contributed by atoms with van der Waals surface area (Å²) in [5, 5.41) is 1.41. The Hall–Kier alpha value is -2.70. The van der Waals surface area contributed by atoms with Crippen molar-refractivity contribution in [3.63, 3.8) is 0 Å². The lowest BCUT2D eigenvalue weighted by molar-refractivity contribution is -0.244. The van der Waals surface area contributed by atoms with Crippen molar-refractivity contribution in [3.8, 4) is 0 Å². The highest BCUT2D eigenvalue weighted by molar-refractivity contribution is 5.94. The van der Waals surface area contributed by atoms with Gasteiger partial charge in [-0.15, -0.1) is 0 Å². The quantitative estimate of drug-likeness (QED) is 0.793. The van der Waals surface area contributed by atoms with E-state index in [1.807, 2.05) is 65.6 Å². The summed E-state index contributed by atoms with van der Waals surface area (Å²) >= 11 is 0. The van der Waals surface area contributed by atoms with Crippen LogP contribution in [0.2, 0.25) is 0 Å². The molecule has 6 heteroatoms. The number of nitrogens with two attached hydrogens (primary N) is 1. The van der Waals surface area contributed by atoms with Gasteiger partial charge >= 0.3 is 0 Å². The van der Waals surface area contributed by atoms with E-state index in [2.05, 4.69) is 0 Å². The highest BCUT2D eigenvalue weighted by atomic mass is 16.7. The molecule has 2 amide bonds. The van der Waals surface area contributed by atoms with E-state index in [0.717, 1.165) is 11.1 Å². The largest absolute Gasteiger partial charge is 0.368 e. The zero-order chi connectivity index (χ0) is 18.9. The van der Waals surface area contributed by atoms with E-state index in [1.165, 1.54) is 5.06 Å². The third-order valence-electron chi connectivity index (χ3n) is 5.54. The van der Waals surface area contributed by atoms with Crippen molar-refractivity contribution < 1.29 is 14.4 Å². The first-order chi connectivity index (χ1) is 13.1. The number of hydrogen-bond acceptors (Lipinski definition) is 4. The third kappa shape index (κ3) is 3.22. The Labute approximate surface area is 158 Å². The minimum atomic E-state index is -0.688. The number of carbonyl (C=O) groups is 2. The zero-order valence-corrected chi connectivity index (χ0v) is 15.1. The van der Waals surface area contributed by atoms with E-state index in [1.54, 1.807) is 0 Å². The summed E-state index contributed by atoms with van der Waals surface area (Å²) in [5.41, 5.74) is 7.00. The molecule has 2 aromatic rings. The topological polar surface area (TPSA) is 75.9 Å². The van der Waals surface area contributed by atoms with Crippen LogP contribution in [0.3, 0.4) is 0 Å². The molecular formula is C21H23N3O3. The summed E-state index contributed by atoms with van der Waals surface area (Å²) in [7, 11) is 0. The van der Waals surface area contributed by atoms with Crippen LogP contribution in [0.1, 0.15) is 24.0 Å². The molecule has 27 heavy (non-hydrogen) atoms. The lowest BCUT2D eigenvalue weighted by Crippen LogP contribution is -2.72. The number of nitrogens with zero attached hydrogens (tertiary/aromatic N) is 2. The van der Waals surface area contributed by atoms with Gasteiger partial charge in [-0.3, -0.25) is 19.3 Å². The van der Waals surface area contributed by atoms with E-state index in [9.17, 15) is 9.59 Å². The van der Waals surface area contributed by atoms with Crippen LogP contribution >= 0.6 is 0 Å². The van der Waals surface area contributed by atoms with Crippen LogP contribution in [0.5, 0.6) is 0 Å². The van der Waals surface area contributed by atoms with Gasteiger partial charge in [0.25, 0.3) is 5.91 Å². The second-order valence-electron chi connectivity index (χ2n) is 7.20. The van der Waals surface area contributed by atoms with Crippen LogP contribution in [0.4, 0.5) is 0 Å². The molecular weight excluding hydrogens is 342 g/mol. The molecule has 2 unspecified atom stereocenters. The van der Waals surface area contributed by atoms with Crippen molar-refractivity contribution in [2.45, 2.75) is 37.6 Å². The highest BCUT2D eigenvalue weighted by Crippen LogP contribution is 2.43. The first-order valence-corrected chi connectivity index (χ1v) is 9.19. The van der Waals surface area contributed by atoms with Gasteiger partial charge in [-0.05, 0) is 24.0 Å². The third-order valence-corrected chi connectivity index (χ3v) is 5.54. The molecule has 2 fully saturated rings. The van der Waals surface area contributed by atoms with Crippen LogP contribution < -0.4 is 5.73 Å². The molecule has 0 radical (unpaired) electrons. The van der Waals surface area contributed by atoms with Gasteiger partial charge in [-0.25, -0.2) is 5.06 Å². The summed E-state index contributed by atoms with van der Waals surface area (Å²) in [5.74, 6) is -0.461. The SMILES string of the molecule is NC(=O)C1CCC2(CN(OCc3ccccc3)C2=O)N1Cc1ccccc1. The summed E-state index contributed by atoms with van der Waals surface area (Å²) < 4.78 is 0. The van der Waals surface area contributed by atoms with E-state index in [0.29, 0.717) is 32.5 Å². The van der Waals surface area contributed by atoms with Gasteiger partial charge in [0.15, 0.2) is 0 Å². The molecule has 6 nitrogen and oxygen atoms in total. The number of hydrogen-bond donors (Lipinski definition) is 1. The average Bonchev–Trinajstić information content (AvgIpc) is 3.07. The Morgan fingerprint density at radius 2 is 1.70 bits per heavy atom. The molecule has 0 bridgehead atoms. The Balaban J connectivity index is 1.47. The number of likely N-dealkylation sites (tertiary alicyclic amines) is 1. The molecule has 140 valence electrons. The minimum Gasteiger partial charge on any atom is -0.368 e. The maximum absolute atomic E-state index is 13.0. The van der Waals surface area contributed by atoms with E-state index < -0.39 is 11.6 Å². The van der Waals surface area contributed by atoms with Crippen LogP contribution in [0.25, 0.3) is 0 Å². The number of rotatable bonds is 6. The number of β-lactam (4-membered cyclic amide) rings is 1. The molecule has 2 atom stereocenters. The number of amides is 2. The number of carbonyl (C=O) groups excluding carboxylic acids is 2. The fourth-order valence-corrected chi connectivity index (χ4v) is 4.06. The van der Waals surface area contributed by atoms with Crippen molar-refractivity contribution in [2.75, 3.05) is 6.54 Å². The molecule has 0 saturated carbocycles. The van der Waals surface area contributed by atoms with Crippen molar-refractivity contribution in [2.24, 2.45) is 5.73 Å². The lowest BCUT2D eigenvalue weighted by atomic mass is 9.87. The van der Waals surface area contributed by atoms with Crippen LogP contribution in [-0.2, 0) is 27.6 Å². The van der Waals surface area contributed by atoms with Crippen molar-refractivity contribution in [1.82, 2.24) is 9.96 Å². The second-order valence-corrected chi connectivity index (χ2v) is 7.20. The maximum Gasteiger partial charge on any atom is 0.268 e. The molecule has 0 aliphatic carbocycles. The Morgan fingerprint density at radius 3 is 2.30 bits per heavy atom. The van der Waals surface area contributed by atoms with E-state index >= 15 is 0 Å². The predicted octanol–water partition coefficient (Wildman–Crippen LogP) is 1.85. The minimum absolute atomic E-state index is 0.0851. The van der Waals surface area contributed by atoms with Crippen LogP contribution in [0, 0.1) is 0 Å². The fraction of sp³-hybridized carbons (Fsp3) is 0.333. The maximum atomic E-state index is 13.0. The van der Waals surface area contributed by atoms with Crippen LogP contribution in [-0.4, -0.2) is 39.9 Å². The van der Waals surface area contributed by atoms with Crippen molar-refractivity contribution in [3.05, 3.63) is 71.8 Å². The van der Waals surface area contributed by atoms with Gasteiger partial charge in [0.2, 0.25) is 5.91 Å². The monoisotopic (exact) mass is 365 g/mol. The Kier molecular flexibility index (Phi) is 4.68. The molecule has 2 saturated heterocycles. The van der Waals surface area contributed by atoms with Crippen molar-refractivity contribution in [1.29, 1.82) is 0 Å². The molecule has 0 aromatic heterocycles. The van der Waals surface area contributed by atoms with Crippen molar-refractivity contribution >= 4 is 11.8 Å². The molecule has 2 N–H and O–H groups in total. The molecule has 2 aromatic carbocycles. The van der Waals surface area contributed by atoms with Gasteiger partial charge in [-0.1, -0.05) is 60.7 Å². The first kappa shape index (κ1) is 17.7. The first-order valence-electron chi connectivity index (χ1n) is 9.19. The fourth-order valence-electron chi connectivity index (χ4n) is 4.06. The number of benzene rings is 2. The Morgan fingerprint density at radius 1 is 1.07 bits per heavy atom. The van der Waals surface area contributed by atoms with Gasteiger partial charge in [0.1, 0.15) is 12.1 Å². The van der Waals surface area contributed by atoms with Gasteiger partial charge in [0, 0.05) is 6.54 Å². The van der Waals surface area contributed by atoms with Gasteiger partial charge < -0.3 is 5.73 Å². The predicted molar refractivity (Wildman–Crippen MR) is 99.9 cm³/mol. The summed E-state index contributed by atoms with van der Waals surface area (Å²) in [4.78, 5) is 32.6. The molecule has 1 spiro atoms. The van der Waals surface area contributed by atoms with Gasteiger partial charge in [0.05, 0.1) is 12.6 Å². The number of hydroxylamine groups is 2. The Bertz CT molecular complexity index is 827.